The van der Waals surface area contributed by atoms with Gasteiger partial charge in [-0.1, -0.05) is 25.1 Å². The highest BCUT2D eigenvalue weighted by molar-refractivity contribution is 5.98. The lowest BCUT2D eigenvalue weighted by molar-refractivity contribution is -0.138. The van der Waals surface area contributed by atoms with Crippen LogP contribution in [0.4, 0.5) is 0 Å². The van der Waals surface area contributed by atoms with Gasteiger partial charge in [0.2, 0.25) is 5.82 Å². The largest absolute Gasteiger partial charge is 0.480 e. The average Bonchev–Trinajstić information content (AvgIpc) is 3.37. The molecule has 8 nitrogen and oxygen atoms in total. The highest BCUT2D eigenvalue weighted by atomic mass is 16.4. The maximum Gasteiger partial charge on any atom is 0.325 e. The summed E-state index contributed by atoms with van der Waals surface area (Å²) in [5, 5.41) is 13.6. The van der Waals surface area contributed by atoms with Crippen molar-refractivity contribution in [3.8, 4) is 11.6 Å². The number of hydrogen-bond acceptors (Lipinski definition) is 5. The Kier molecular flexibility index (Phi) is 4.23. The number of carbonyl (C=O) groups excluding carboxylic acids is 1. The molecular formula is C19H18N4O4. The smallest absolute Gasteiger partial charge is 0.325 e. The van der Waals surface area contributed by atoms with Crippen LogP contribution < -0.4 is 0 Å². The summed E-state index contributed by atoms with van der Waals surface area (Å²) in [6.07, 6.45) is 2.08. The van der Waals surface area contributed by atoms with E-state index < -0.39 is 5.97 Å². The Morgan fingerprint density at radius 1 is 1.30 bits per heavy atom. The summed E-state index contributed by atoms with van der Waals surface area (Å²) in [6.45, 7) is 2.06. The van der Waals surface area contributed by atoms with Gasteiger partial charge >= 0.3 is 5.97 Å². The number of amides is 1. The van der Waals surface area contributed by atoms with Crippen molar-refractivity contribution in [3.63, 3.8) is 0 Å². The molecule has 27 heavy (non-hydrogen) atoms. The molecule has 0 fully saturated rings. The van der Waals surface area contributed by atoms with Crippen molar-refractivity contribution < 1.29 is 19.1 Å². The molecule has 0 bridgehead atoms. The van der Waals surface area contributed by atoms with Gasteiger partial charge < -0.3 is 14.4 Å². The molecule has 0 unspecified atom stereocenters. The van der Waals surface area contributed by atoms with Gasteiger partial charge in [-0.05, 0) is 30.2 Å². The standard InChI is InChI=1S/C19H18N4O4/c1-2-14(22-10-12-6-3-4-7-13(12)19(22)26)18-20-17(15-8-5-9-27-15)21-23(18)11-16(24)25/h3-9,14H,2,10-11H2,1H3,(H,24,25)/t14-/m1/s1. The van der Waals surface area contributed by atoms with E-state index in [1.807, 2.05) is 25.1 Å². The number of hydrogen-bond donors (Lipinski definition) is 1. The Hall–Kier alpha value is -3.42. The van der Waals surface area contributed by atoms with Crippen molar-refractivity contribution >= 4 is 11.9 Å². The number of rotatable bonds is 6. The Morgan fingerprint density at radius 2 is 2.11 bits per heavy atom. The predicted octanol–water partition coefficient (Wildman–Crippen LogP) is 2.73. The molecule has 3 heterocycles. The summed E-state index contributed by atoms with van der Waals surface area (Å²) in [5.74, 6) is 0.0810. The van der Waals surface area contributed by atoms with Gasteiger partial charge in [0.05, 0.1) is 12.3 Å². The van der Waals surface area contributed by atoms with Crippen LogP contribution in [0.2, 0.25) is 0 Å². The molecule has 3 aromatic rings. The number of nitrogens with zero attached hydrogens (tertiary/aromatic N) is 4. The number of benzene rings is 1. The van der Waals surface area contributed by atoms with E-state index in [1.54, 1.807) is 23.1 Å². The number of furan rings is 1. The molecule has 1 N–H and O–H groups in total. The van der Waals surface area contributed by atoms with Gasteiger partial charge in [-0.2, -0.15) is 0 Å². The van der Waals surface area contributed by atoms with Crippen LogP contribution in [0.25, 0.3) is 11.6 Å². The predicted molar refractivity (Wildman–Crippen MR) is 94.7 cm³/mol. The molecule has 8 heteroatoms. The maximum atomic E-state index is 12.9. The summed E-state index contributed by atoms with van der Waals surface area (Å²) in [6, 6.07) is 10.5. The molecule has 0 radical (unpaired) electrons. The van der Waals surface area contributed by atoms with Crippen LogP contribution in [0.3, 0.4) is 0 Å². The average molecular weight is 366 g/mol. The third kappa shape index (κ3) is 2.99. The van der Waals surface area contributed by atoms with E-state index >= 15 is 0 Å². The zero-order valence-electron chi connectivity index (χ0n) is 14.7. The summed E-state index contributed by atoms with van der Waals surface area (Å²) < 4.78 is 6.68. The minimum Gasteiger partial charge on any atom is -0.480 e. The molecule has 1 aliphatic heterocycles. The molecule has 0 saturated heterocycles. The summed E-state index contributed by atoms with van der Waals surface area (Å²) in [5.41, 5.74) is 1.63. The van der Waals surface area contributed by atoms with Gasteiger partial charge in [0, 0.05) is 12.1 Å². The van der Waals surface area contributed by atoms with Crippen molar-refractivity contribution in [1.29, 1.82) is 0 Å². The van der Waals surface area contributed by atoms with Gasteiger partial charge in [0.1, 0.15) is 6.54 Å². The molecular weight excluding hydrogens is 348 g/mol. The second-order valence-electron chi connectivity index (χ2n) is 6.34. The normalized spacial score (nSPS) is 14.4. The SMILES string of the molecule is CC[C@H](c1nc(-c2ccco2)nn1CC(=O)O)N1Cc2ccccc2C1=O. The van der Waals surface area contributed by atoms with Crippen LogP contribution in [0, 0.1) is 0 Å². The molecule has 4 rings (SSSR count). The first-order valence-electron chi connectivity index (χ1n) is 8.67. The van der Waals surface area contributed by atoms with E-state index in [0.29, 0.717) is 35.9 Å². The zero-order chi connectivity index (χ0) is 19.0. The molecule has 1 atom stereocenters. The van der Waals surface area contributed by atoms with Crippen molar-refractivity contribution in [2.45, 2.75) is 32.5 Å². The fourth-order valence-corrected chi connectivity index (χ4v) is 3.43. The fraction of sp³-hybridized carbons (Fsp3) is 0.263. The number of aromatic nitrogens is 3. The number of carbonyl (C=O) groups is 2. The van der Waals surface area contributed by atoms with Gasteiger partial charge in [-0.3, -0.25) is 9.59 Å². The minimum atomic E-state index is -1.03. The molecule has 138 valence electrons. The van der Waals surface area contributed by atoms with Gasteiger partial charge in [0.25, 0.3) is 5.91 Å². The monoisotopic (exact) mass is 366 g/mol. The molecule has 0 saturated carbocycles. The van der Waals surface area contributed by atoms with Gasteiger partial charge in [-0.25, -0.2) is 9.67 Å². The van der Waals surface area contributed by atoms with E-state index in [1.165, 1.54) is 10.9 Å². The lowest BCUT2D eigenvalue weighted by Crippen LogP contribution is -2.31. The molecule has 2 aromatic heterocycles. The first-order valence-corrected chi connectivity index (χ1v) is 8.67. The molecule has 1 aliphatic rings. The third-order valence-corrected chi connectivity index (χ3v) is 4.64. The highest BCUT2D eigenvalue weighted by Gasteiger charge is 2.35. The van der Waals surface area contributed by atoms with E-state index in [9.17, 15) is 14.7 Å². The Morgan fingerprint density at radius 3 is 2.78 bits per heavy atom. The first kappa shape index (κ1) is 17.0. The highest BCUT2D eigenvalue weighted by Crippen LogP contribution is 2.33. The Labute approximate surface area is 155 Å². The summed E-state index contributed by atoms with van der Waals surface area (Å²) in [7, 11) is 0. The maximum absolute atomic E-state index is 12.9. The Bertz CT molecular complexity index is 993. The van der Waals surface area contributed by atoms with Crippen molar-refractivity contribution in [3.05, 3.63) is 59.6 Å². The molecule has 1 aromatic carbocycles. The third-order valence-electron chi connectivity index (χ3n) is 4.64. The van der Waals surface area contributed by atoms with Crippen LogP contribution in [0.1, 0.15) is 41.1 Å². The van der Waals surface area contributed by atoms with Crippen LogP contribution >= 0.6 is 0 Å². The lowest BCUT2D eigenvalue weighted by atomic mass is 10.1. The summed E-state index contributed by atoms with van der Waals surface area (Å²) in [4.78, 5) is 30.4. The first-order chi connectivity index (χ1) is 13.1. The van der Waals surface area contributed by atoms with E-state index in [-0.39, 0.29) is 18.5 Å². The minimum absolute atomic E-state index is 0.0816. The molecule has 0 aliphatic carbocycles. The second-order valence-corrected chi connectivity index (χ2v) is 6.34. The van der Waals surface area contributed by atoms with Crippen molar-refractivity contribution in [2.24, 2.45) is 0 Å². The van der Waals surface area contributed by atoms with Gasteiger partial charge in [-0.15, -0.1) is 5.10 Å². The van der Waals surface area contributed by atoms with Crippen LogP contribution in [-0.2, 0) is 17.9 Å². The number of aliphatic carboxylic acids is 1. The Balaban J connectivity index is 1.74. The number of fused-ring (bicyclic) bond motifs is 1. The topological polar surface area (TPSA) is 101 Å². The van der Waals surface area contributed by atoms with Gasteiger partial charge in [0.15, 0.2) is 11.6 Å². The van der Waals surface area contributed by atoms with Crippen molar-refractivity contribution in [2.75, 3.05) is 0 Å². The zero-order valence-corrected chi connectivity index (χ0v) is 14.7. The van der Waals surface area contributed by atoms with E-state index in [0.717, 1.165) is 5.56 Å². The number of carboxylic acids is 1. The summed E-state index contributed by atoms with van der Waals surface area (Å²) >= 11 is 0. The number of carboxylic acid groups (broad SMARTS) is 1. The van der Waals surface area contributed by atoms with Crippen LogP contribution in [0.15, 0.2) is 47.1 Å². The van der Waals surface area contributed by atoms with Crippen molar-refractivity contribution in [1.82, 2.24) is 19.7 Å². The lowest BCUT2D eigenvalue weighted by Gasteiger charge is -2.26. The quantitative estimate of drug-likeness (QED) is 0.720. The molecule has 0 spiro atoms. The van der Waals surface area contributed by atoms with E-state index in [4.69, 9.17) is 4.42 Å². The fourth-order valence-electron chi connectivity index (χ4n) is 3.43. The van der Waals surface area contributed by atoms with E-state index in [2.05, 4.69) is 10.1 Å². The van der Waals surface area contributed by atoms with Crippen LogP contribution in [-0.4, -0.2) is 36.6 Å². The second kappa shape index (κ2) is 6.71. The molecule has 1 amide bonds. The van der Waals surface area contributed by atoms with Crippen LogP contribution in [0.5, 0.6) is 0 Å².